The van der Waals surface area contributed by atoms with Gasteiger partial charge in [0.2, 0.25) is 5.91 Å². The van der Waals surface area contributed by atoms with Gasteiger partial charge in [0, 0.05) is 0 Å². The van der Waals surface area contributed by atoms with Crippen LogP contribution in [0, 0.1) is 0 Å². The van der Waals surface area contributed by atoms with Crippen LogP contribution < -0.4 is 5.32 Å². The van der Waals surface area contributed by atoms with Gasteiger partial charge in [-0.05, 0) is 53.4 Å². The van der Waals surface area contributed by atoms with Crippen molar-refractivity contribution in [1.29, 1.82) is 0 Å². The fraction of sp³-hybridized carbons (Fsp3) is 0.722. The van der Waals surface area contributed by atoms with Crippen LogP contribution in [0.1, 0.15) is 53.4 Å². The standard InChI is InChI=1S/C18H28N2O5/c1-11-6-8-13(19-17(23)25-18(2,3)4)15(21)20-12(10-11)7-9-14(20)16(22)24-5/h10,12-14H,6-9H2,1-5H3,(H,19,23)/t12-,13+,14+/m1/s1. The van der Waals surface area contributed by atoms with Crippen molar-refractivity contribution >= 4 is 18.0 Å². The Balaban J connectivity index is 2.22. The molecule has 140 valence electrons. The van der Waals surface area contributed by atoms with E-state index in [9.17, 15) is 14.4 Å². The van der Waals surface area contributed by atoms with Gasteiger partial charge in [-0.15, -0.1) is 0 Å². The summed E-state index contributed by atoms with van der Waals surface area (Å²) in [6, 6.07) is -1.46. The lowest BCUT2D eigenvalue weighted by Gasteiger charge is -2.33. The van der Waals surface area contributed by atoms with Crippen molar-refractivity contribution in [3.05, 3.63) is 11.6 Å². The maximum atomic E-state index is 13.0. The first-order valence-electron chi connectivity index (χ1n) is 8.69. The molecule has 1 fully saturated rings. The maximum Gasteiger partial charge on any atom is 0.408 e. The second-order valence-corrected chi connectivity index (χ2v) is 7.68. The van der Waals surface area contributed by atoms with Crippen LogP contribution in [-0.4, -0.2) is 53.7 Å². The molecule has 0 aromatic rings. The van der Waals surface area contributed by atoms with Crippen molar-refractivity contribution in [2.75, 3.05) is 7.11 Å². The lowest BCUT2D eigenvalue weighted by atomic mass is 9.99. The highest BCUT2D eigenvalue weighted by molar-refractivity contribution is 5.91. The van der Waals surface area contributed by atoms with Crippen LogP contribution >= 0.6 is 0 Å². The Morgan fingerprint density at radius 2 is 1.92 bits per heavy atom. The van der Waals surface area contributed by atoms with Crippen LogP contribution in [0.15, 0.2) is 11.6 Å². The van der Waals surface area contributed by atoms with E-state index in [0.29, 0.717) is 25.7 Å². The number of carbonyl (C=O) groups excluding carboxylic acids is 3. The zero-order chi connectivity index (χ0) is 18.8. The Kier molecular flexibility index (Phi) is 5.75. The molecule has 7 nitrogen and oxygen atoms in total. The molecular weight excluding hydrogens is 324 g/mol. The van der Waals surface area contributed by atoms with Gasteiger partial charge in [-0.3, -0.25) is 4.79 Å². The number of fused-ring (bicyclic) bond motifs is 1. The number of amides is 2. The Hall–Kier alpha value is -2.05. The molecule has 7 heteroatoms. The van der Waals surface area contributed by atoms with E-state index in [4.69, 9.17) is 9.47 Å². The van der Waals surface area contributed by atoms with E-state index in [0.717, 1.165) is 5.57 Å². The summed E-state index contributed by atoms with van der Waals surface area (Å²) in [5, 5.41) is 2.67. The van der Waals surface area contributed by atoms with Gasteiger partial charge in [-0.25, -0.2) is 9.59 Å². The predicted molar refractivity (Wildman–Crippen MR) is 91.8 cm³/mol. The Labute approximate surface area is 148 Å². The Morgan fingerprint density at radius 1 is 1.24 bits per heavy atom. The van der Waals surface area contributed by atoms with Gasteiger partial charge >= 0.3 is 12.1 Å². The average molecular weight is 352 g/mol. The van der Waals surface area contributed by atoms with Gasteiger partial charge in [0.05, 0.1) is 13.2 Å². The van der Waals surface area contributed by atoms with Crippen molar-refractivity contribution in [1.82, 2.24) is 10.2 Å². The molecular formula is C18H28N2O5. The summed E-state index contributed by atoms with van der Waals surface area (Å²) in [6.07, 6.45) is 3.87. The van der Waals surface area contributed by atoms with E-state index < -0.39 is 29.7 Å². The predicted octanol–water partition coefficient (Wildman–Crippen LogP) is 2.15. The molecule has 2 aliphatic rings. The van der Waals surface area contributed by atoms with Crippen LogP contribution in [0.2, 0.25) is 0 Å². The number of carbonyl (C=O) groups is 3. The zero-order valence-corrected chi connectivity index (χ0v) is 15.6. The third-order valence-corrected chi connectivity index (χ3v) is 4.45. The van der Waals surface area contributed by atoms with Crippen molar-refractivity contribution in [3.8, 4) is 0 Å². The summed E-state index contributed by atoms with van der Waals surface area (Å²) in [7, 11) is 1.32. The number of esters is 1. The SMILES string of the molecule is COC(=O)[C@@H]1CC[C@@H]2C=C(C)CC[C@H](NC(=O)OC(C)(C)C)C(=O)N21. The highest BCUT2D eigenvalue weighted by Gasteiger charge is 2.44. The molecule has 0 aromatic carbocycles. The Morgan fingerprint density at radius 3 is 2.52 bits per heavy atom. The van der Waals surface area contributed by atoms with Crippen molar-refractivity contribution in [3.63, 3.8) is 0 Å². The van der Waals surface area contributed by atoms with E-state index >= 15 is 0 Å². The minimum Gasteiger partial charge on any atom is -0.467 e. The van der Waals surface area contributed by atoms with Crippen LogP contribution in [-0.2, 0) is 19.1 Å². The highest BCUT2D eigenvalue weighted by Crippen LogP contribution is 2.30. The van der Waals surface area contributed by atoms with E-state index in [-0.39, 0.29) is 11.9 Å². The van der Waals surface area contributed by atoms with E-state index in [1.54, 1.807) is 25.7 Å². The highest BCUT2D eigenvalue weighted by atomic mass is 16.6. The number of hydrogen-bond acceptors (Lipinski definition) is 5. The second-order valence-electron chi connectivity index (χ2n) is 7.68. The van der Waals surface area contributed by atoms with Crippen molar-refractivity contribution < 1.29 is 23.9 Å². The largest absolute Gasteiger partial charge is 0.467 e. The minimum atomic E-state index is -0.716. The summed E-state index contributed by atoms with van der Waals surface area (Å²) in [4.78, 5) is 38.8. The molecule has 25 heavy (non-hydrogen) atoms. The van der Waals surface area contributed by atoms with Crippen LogP contribution in [0.25, 0.3) is 0 Å². The van der Waals surface area contributed by atoms with Crippen LogP contribution in [0.4, 0.5) is 4.79 Å². The number of hydrogen-bond donors (Lipinski definition) is 1. The summed E-state index contributed by atoms with van der Waals surface area (Å²) < 4.78 is 10.1. The van der Waals surface area contributed by atoms with Gasteiger partial charge in [-0.1, -0.05) is 11.6 Å². The quantitative estimate of drug-likeness (QED) is 0.608. The van der Waals surface area contributed by atoms with E-state index in [1.165, 1.54) is 7.11 Å². The first kappa shape index (κ1) is 19.3. The fourth-order valence-corrected chi connectivity index (χ4v) is 3.36. The molecule has 0 aliphatic carbocycles. The molecule has 0 bridgehead atoms. The summed E-state index contributed by atoms with van der Waals surface area (Å²) in [5.74, 6) is -0.675. The monoisotopic (exact) mass is 352 g/mol. The van der Waals surface area contributed by atoms with E-state index in [2.05, 4.69) is 5.32 Å². The molecule has 0 unspecified atom stereocenters. The maximum absolute atomic E-state index is 13.0. The molecule has 0 saturated carbocycles. The summed E-state index contributed by atoms with van der Waals surface area (Å²) in [5.41, 5.74) is 0.499. The minimum absolute atomic E-state index is 0.139. The third-order valence-electron chi connectivity index (χ3n) is 4.45. The average Bonchev–Trinajstić information content (AvgIpc) is 2.90. The zero-order valence-electron chi connectivity index (χ0n) is 15.6. The van der Waals surface area contributed by atoms with Gasteiger partial charge in [0.25, 0.3) is 0 Å². The normalized spacial score (nSPS) is 26.9. The number of allylic oxidation sites excluding steroid dienone is 1. The molecule has 2 amide bonds. The Bertz CT molecular complexity index is 579. The van der Waals surface area contributed by atoms with Gasteiger partial charge < -0.3 is 19.7 Å². The lowest BCUT2D eigenvalue weighted by molar-refractivity contribution is -0.152. The molecule has 1 N–H and O–H groups in total. The summed E-state index contributed by atoms with van der Waals surface area (Å²) >= 11 is 0. The number of nitrogens with zero attached hydrogens (tertiary/aromatic N) is 1. The van der Waals surface area contributed by atoms with Crippen molar-refractivity contribution in [2.45, 2.75) is 77.1 Å². The summed E-state index contributed by atoms with van der Waals surface area (Å²) in [6.45, 7) is 7.31. The number of alkyl carbamates (subject to hydrolysis) is 1. The molecule has 0 radical (unpaired) electrons. The molecule has 2 aliphatic heterocycles. The number of ether oxygens (including phenoxy) is 2. The van der Waals surface area contributed by atoms with Gasteiger partial charge in [-0.2, -0.15) is 0 Å². The van der Waals surface area contributed by atoms with Gasteiger partial charge in [0.1, 0.15) is 17.7 Å². The number of methoxy groups -OCH3 is 1. The molecule has 0 aromatic heterocycles. The molecule has 2 heterocycles. The smallest absolute Gasteiger partial charge is 0.408 e. The van der Waals surface area contributed by atoms with E-state index in [1.807, 2.05) is 13.0 Å². The fourth-order valence-electron chi connectivity index (χ4n) is 3.36. The molecule has 2 rings (SSSR count). The molecule has 3 atom stereocenters. The van der Waals surface area contributed by atoms with Crippen molar-refractivity contribution in [2.24, 2.45) is 0 Å². The number of rotatable bonds is 2. The second kappa shape index (κ2) is 7.45. The first-order valence-corrected chi connectivity index (χ1v) is 8.69. The van der Waals surface area contributed by atoms with Crippen LogP contribution in [0.3, 0.4) is 0 Å². The van der Waals surface area contributed by atoms with Crippen LogP contribution in [0.5, 0.6) is 0 Å². The molecule has 1 saturated heterocycles. The number of nitrogens with one attached hydrogen (secondary N) is 1. The van der Waals surface area contributed by atoms with Gasteiger partial charge in [0.15, 0.2) is 0 Å². The first-order chi connectivity index (χ1) is 11.6. The lowest BCUT2D eigenvalue weighted by Crippen LogP contribution is -2.55. The molecule has 0 spiro atoms. The third kappa shape index (κ3) is 4.74. The topological polar surface area (TPSA) is 84.9 Å².